The zero-order valence-corrected chi connectivity index (χ0v) is 18.2. The van der Waals surface area contributed by atoms with E-state index in [-0.39, 0.29) is 0 Å². The normalized spacial score (nSPS) is 12.0. The summed E-state index contributed by atoms with van der Waals surface area (Å²) in [4.78, 5) is 0. The molecule has 0 aliphatic rings. The van der Waals surface area contributed by atoms with Gasteiger partial charge in [-0.25, -0.2) is 4.57 Å². The van der Waals surface area contributed by atoms with Crippen molar-refractivity contribution in [1.82, 2.24) is 0 Å². The quantitative estimate of drug-likeness (QED) is 0.279. The molecule has 0 bridgehead atoms. The maximum absolute atomic E-state index is 14.4. The molecular formula is C25H21ClNO3P. The van der Waals surface area contributed by atoms with E-state index in [2.05, 4.69) is 5.32 Å². The lowest BCUT2D eigenvalue weighted by Crippen LogP contribution is -2.18. The third-order valence-electron chi connectivity index (χ3n) is 4.54. The van der Waals surface area contributed by atoms with Gasteiger partial charge in [0.15, 0.2) is 5.78 Å². The van der Waals surface area contributed by atoms with Gasteiger partial charge in [-0.1, -0.05) is 84.4 Å². The van der Waals surface area contributed by atoms with E-state index in [4.69, 9.17) is 20.6 Å². The van der Waals surface area contributed by atoms with Crippen LogP contribution in [0.4, 0.5) is 5.69 Å². The van der Waals surface area contributed by atoms with Crippen LogP contribution in [0.3, 0.4) is 0 Å². The number of nitrogens with one attached hydrogen (secondary N) is 1. The first-order chi connectivity index (χ1) is 15.1. The minimum Gasteiger partial charge on any atom is -0.414 e. The molecule has 4 nitrogen and oxygen atoms in total. The highest BCUT2D eigenvalue weighted by molar-refractivity contribution is 7.55. The van der Waals surface area contributed by atoms with Gasteiger partial charge in [0.05, 0.1) is 0 Å². The molecule has 0 aliphatic carbocycles. The molecule has 6 heteroatoms. The Labute approximate surface area is 187 Å². The lowest BCUT2D eigenvalue weighted by atomic mass is 10.2. The van der Waals surface area contributed by atoms with Gasteiger partial charge >= 0.3 is 7.60 Å². The molecule has 0 spiro atoms. The predicted molar refractivity (Wildman–Crippen MR) is 126 cm³/mol. The summed E-state index contributed by atoms with van der Waals surface area (Å²) in [6.07, 6.45) is 0. The Hall–Kier alpha value is -3.20. The number of halogens is 1. The largest absolute Gasteiger partial charge is 0.457 e. The summed E-state index contributed by atoms with van der Waals surface area (Å²) in [5.41, 5.74) is 1.38. The average molecular weight is 450 g/mol. The van der Waals surface area contributed by atoms with Crippen LogP contribution in [0.2, 0.25) is 5.02 Å². The minimum atomic E-state index is -3.88. The molecule has 0 fully saturated rings. The molecule has 0 aliphatic heterocycles. The lowest BCUT2D eigenvalue weighted by molar-refractivity contribution is 0.376. The fourth-order valence-electron chi connectivity index (χ4n) is 3.10. The van der Waals surface area contributed by atoms with E-state index in [0.29, 0.717) is 22.1 Å². The fraction of sp³-hybridized carbons (Fsp3) is 0.0400. The van der Waals surface area contributed by atoms with Gasteiger partial charge in [-0.2, -0.15) is 0 Å². The topological polar surface area (TPSA) is 47.6 Å². The van der Waals surface area contributed by atoms with Crippen LogP contribution in [0.25, 0.3) is 0 Å². The molecule has 0 heterocycles. The van der Waals surface area contributed by atoms with Crippen LogP contribution in [0.15, 0.2) is 115 Å². The summed E-state index contributed by atoms with van der Waals surface area (Å²) in [5, 5.41) is 3.78. The maximum atomic E-state index is 14.4. The summed E-state index contributed by atoms with van der Waals surface area (Å²) >= 11 is 6.53. The van der Waals surface area contributed by atoms with Gasteiger partial charge in [0.2, 0.25) is 0 Å². The summed E-state index contributed by atoms with van der Waals surface area (Å²) < 4.78 is 26.6. The number of anilines is 1. The van der Waals surface area contributed by atoms with Gasteiger partial charge in [-0.15, -0.1) is 0 Å². The second kappa shape index (κ2) is 9.74. The molecule has 156 valence electrons. The first-order valence-corrected chi connectivity index (χ1v) is 11.8. The van der Waals surface area contributed by atoms with Crippen LogP contribution in [-0.2, 0) is 4.57 Å². The van der Waals surface area contributed by atoms with Crippen LogP contribution in [-0.4, -0.2) is 0 Å². The zero-order valence-electron chi connectivity index (χ0n) is 16.6. The Bertz CT molecular complexity index is 1110. The van der Waals surface area contributed by atoms with Crippen molar-refractivity contribution in [3.8, 4) is 11.5 Å². The first kappa shape index (κ1) is 21.0. The Kier molecular flexibility index (Phi) is 6.61. The van der Waals surface area contributed by atoms with E-state index in [0.717, 1.165) is 5.69 Å². The highest BCUT2D eigenvalue weighted by Crippen LogP contribution is 2.60. The Balaban J connectivity index is 1.82. The van der Waals surface area contributed by atoms with Gasteiger partial charge in [0.1, 0.15) is 11.5 Å². The highest BCUT2D eigenvalue weighted by atomic mass is 35.5. The van der Waals surface area contributed by atoms with E-state index in [1.165, 1.54) is 0 Å². The van der Waals surface area contributed by atoms with E-state index < -0.39 is 13.4 Å². The Morgan fingerprint density at radius 1 is 0.645 bits per heavy atom. The van der Waals surface area contributed by atoms with Gasteiger partial charge < -0.3 is 14.4 Å². The SMILES string of the molecule is O=P(Oc1ccccc1)(Oc1ccccc1)C(Nc1ccccc1)c1ccccc1Cl. The fourth-order valence-corrected chi connectivity index (χ4v) is 5.37. The number of benzene rings is 4. The summed E-state index contributed by atoms with van der Waals surface area (Å²) in [5.74, 6) is 0.0198. The van der Waals surface area contributed by atoms with E-state index in [1.54, 1.807) is 30.3 Å². The van der Waals surface area contributed by atoms with Crippen molar-refractivity contribution >= 4 is 24.9 Å². The van der Waals surface area contributed by atoms with Gasteiger partial charge in [0.25, 0.3) is 0 Å². The summed E-state index contributed by atoms with van der Waals surface area (Å²) in [7, 11) is -3.88. The lowest BCUT2D eigenvalue weighted by Gasteiger charge is -2.29. The molecule has 0 saturated heterocycles. The third-order valence-corrected chi connectivity index (χ3v) is 6.86. The van der Waals surface area contributed by atoms with Crippen LogP contribution >= 0.6 is 19.2 Å². The monoisotopic (exact) mass is 449 g/mol. The van der Waals surface area contributed by atoms with Crippen LogP contribution in [0.1, 0.15) is 11.3 Å². The molecule has 0 saturated carbocycles. The molecule has 0 radical (unpaired) electrons. The smallest absolute Gasteiger partial charge is 0.414 e. The van der Waals surface area contributed by atoms with Gasteiger partial charge in [-0.05, 0) is 42.5 Å². The number of hydrogen-bond acceptors (Lipinski definition) is 4. The number of para-hydroxylation sites is 3. The van der Waals surface area contributed by atoms with Crippen molar-refractivity contribution < 1.29 is 13.6 Å². The van der Waals surface area contributed by atoms with Crippen molar-refractivity contribution in [1.29, 1.82) is 0 Å². The predicted octanol–water partition coefficient (Wildman–Crippen LogP) is 7.80. The second-order valence-corrected chi connectivity index (χ2v) is 9.15. The molecule has 4 aromatic carbocycles. The average Bonchev–Trinajstić information content (AvgIpc) is 2.80. The molecule has 0 aromatic heterocycles. The van der Waals surface area contributed by atoms with Gasteiger partial charge in [-0.3, -0.25) is 0 Å². The first-order valence-electron chi connectivity index (χ1n) is 9.79. The van der Waals surface area contributed by atoms with Crippen LogP contribution in [0.5, 0.6) is 11.5 Å². The molecule has 4 aromatic rings. The molecule has 31 heavy (non-hydrogen) atoms. The molecule has 4 rings (SSSR count). The minimum absolute atomic E-state index is 0.439. The zero-order chi connectivity index (χ0) is 21.5. The van der Waals surface area contributed by atoms with E-state index >= 15 is 0 Å². The molecule has 1 unspecified atom stereocenters. The second-order valence-electron chi connectivity index (χ2n) is 6.78. The van der Waals surface area contributed by atoms with Crippen molar-refractivity contribution in [2.75, 3.05) is 5.32 Å². The Morgan fingerprint density at radius 3 is 1.61 bits per heavy atom. The summed E-state index contributed by atoms with van der Waals surface area (Å²) in [6.45, 7) is 0. The molecule has 1 N–H and O–H groups in total. The van der Waals surface area contributed by atoms with E-state index in [1.807, 2.05) is 84.9 Å². The third kappa shape index (κ3) is 5.29. The number of rotatable bonds is 8. The number of hydrogen-bond donors (Lipinski definition) is 1. The van der Waals surface area contributed by atoms with Crippen LogP contribution in [0, 0.1) is 0 Å². The molecule has 1 atom stereocenters. The van der Waals surface area contributed by atoms with E-state index in [9.17, 15) is 4.57 Å². The standard InChI is InChI=1S/C25H21ClNO3P/c26-24-19-11-10-18-23(24)25(27-20-12-4-1-5-13-20)31(28,29-21-14-6-2-7-15-21)30-22-16-8-3-9-17-22/h1-19,25,27H. The maximum Gasteiger partial charge on any atom is 0.457 e. The van der Waals surface area contributed by atoms with Crippen molar-refractivity contribution in [3.05, 3.63) is 126 Å². The van der Waals surface area contributed by atoms with Crippen molar-refractivity contribution in [3.63, 3.8) is 0 Å². The van der Waals surface area contributed by atoms with Gasteiger partial charge in [0, 0.05) is 16.3 Å². The summed E-state index contributed by atoms with van der Waals surface area (Å²) in [6, 6.07) is 34.7. The van der Waals surface area contributed by atoms with Crippen molar-refractivity contribution in [2.45, 2.75) is 5.78 Å². The molecule has 0 amide bonds. The van der Waals surface area contributed by atoms with Crippen LogP contribution < -0.4 is 14.4 Å². The highest BCUT2D eigenvalue weighted by Gasteiger charge is 2.42. The molecular weight excluding hydrogens is 429 g/mol. The van der Waals surface area contributed by atoms with Crippen molar-refractivity contribution in [2.24, 2.45) is 0 Å². The Morgan fingerprint density at radius 2 is 1.10 bits per heavy atom.